The first-order valence-corrected chi connectivity index (χ1v) is 7.21. The van der Waals surface area contributed by atoms with Crippen molar-refractivity contribution < 1.29 is 13.2 Å². The Labute approximate surface area is 103 Å². The van der Waals surface area contributed by atoms with Crippen LogP contribution in [0.3, 0.4) is 0 Å². The molecule has 0 aromatic carbocycles. The van der Waals surface area contributed by atoms with E-state index in [0.29, 0.717) is 19.6 Å². The van der Waals surface area contributed by atoms with Gasteiger partial charge in [-0.25, -0.2) is 8.42 Å². The predicted molar refractivity (Wildman–Crippen MR) is 66.1 cm³/mol. The van der Waals surface area contributed by atoms with Crippen LogP contribution in [0.5, 0.6) is 0 Å². The van der Waals surface area contributed by atoms with Gasteiger partial charge < -0.3 is 10.2 Å². The molecule has 1 aliphatic heterocycles. The fourth-order valence-electron chi connectivity index (χ4n) is 1.89. The minimum Gasteiger partial charge on any atom is -0.348 e. The first-order chi connectivity index (χ1) is 7.78. The number of rotatable bonds is 3. The molecule has 1 amide bonds. The summed E-state index contributed by atoms with van der Waals surface area (Å²) in [4.78, 5) is 13.1. The molecule has 0 bridgehead atoms. The van der Waals surface area contributed by atoms with Gasteiger partial charge in [-0.05, 0) is 13.8 Å². The van der Waals surface area contributed by atoms with E-state index in [-0.39, 0.29) is 11.9 Å². The molecule has 0 spiro atoms. The molecule has 1 unspecified atom stereocenters. The summed E-state index contributed by atoms with van der Waals surface area (Å²) >= 11 is 0. The molecule has 1 rings (SSSR count). The van der Waals surface area contributed by atoms with Crippen LogP contribution in [-0.2, 0) is 14.8 Å². The lowest BCUT2D eigenvalue weighted by Gasteiger charge is -2.34. The second-order valence-electron chi connectivity index (χ2n) is 4.58. The number of carbonyl (C=O) groups excluding carboxylic acids is 1. The molecule has 1 saturated heterocycles. The van der Waals surface area contributed by atoms with Gasteiger partial charge in [-0.2, -0.15) is 4.31 Å². The van der Waals surface area contributed by atoms with Gasteiger partial charge in [0.15, 0.2) is 5.25 Å². The van der Waals surface area contributed by atoms with Crippen LogP contribution in [0.4, 0.5) is 0 Å². The first-order valence-electron chi connectivity index (χ1n) is 5.71. The van der Waals surface area contributed by atoms with E-state index in [1.54, 1.807) is 14.1 Å². The average molecular weight is 263 g/mol. The summed E-state index contributed by atoms with van der Waals surface area (Å²) in [5, 5.41) is 2.11. The highest BCUT2D eigenvalue weighted by atomic mass is 32.2. The number of nitrogens with zero attached hydrogens (tertiary/aromatic N) is 2. The molecule has 0 aromatic heterocycles. The van der Waals surface area contributed by atoms with Crippen molar-refractivity contribution in [2.45, 2.75) is 25.1 Å². The summed E-state index contributed by atoms with van der Waals surface area (Å²) in [6.07, 6.45) is 0. The summed E-state index contributed by atoms with van der Waals surface area (Å²) < 4.78 is 26.0. The molecule has 0 saturated carbocycles. The summed E-state index contributed by atoms with van der Waals surface area (Å²) in [5.41, 5.74) is 0. The fraction of sp³-hybridized carbons (Fsp3) is 0.900. The number of sulfonamides is 1. The van der Waals surface area contributed by atoms with Crippen LogP contribution >= 0.6 is 0 Å². The van der Waals surface area contributed by atoms with Crippen LogP contribution in [0.25, 0.3) is 0 Å². The summed E-state index contributed by atoms with van der Waals surface area (Å²) in [7, 11) is -0.423. The molecule has 1 N–H and O–H groups in total. The van der Waals surface area contributed by atoms with Crippen LogP contribution in [0, 0.1) is 0 Å². The Bertz CT molecular complexity index is 380. The van der Waals surface area contributed by atoms with Gasteiger partial charge in [-0.3, -0.25) is 4.79 Å². The molecule has 100 valence electrons. The van der Waals surface area contributed by atoms with Crippen molar-refractivity contribution in [2.24, 2.45) is 0 Å². The second-order valence-corrected chi connectivity index (χ2v) is 6.79. The van der Waals surface area contributed by atoms with E-state index in [4.69, 9.17) is 0 Å². The SMILES string of the molecule is CC(C(=O)N(C)C)S(=O)(=O)N1CCNC[C@@H]1C. The minimum absolute atomic E-state index is 0.105. The van der Waals surface area contributed by atoms with E-state index in [0.717, 1.165) is 0 Å². The average Bonchev–Trinajstić information content (AvgIpc) is 2.27. The molecule has 1 heterocycles. The van der Waals surface area contributed by atoms with Gasteiger partial charge in [0.05, 0.1) is 0 Å². The van der Waals surface area contributed by atoms with Crippen molar-refractivity contribution in [3.05, 3.63) is 0 Å². The van der Waals surface area contributed by atoms with E-state index < -0.39 is 15.3 Å². The topological polar surface area (TPSA) is 69.7 Å². The number of hydrogen-bond acceptors (Lipinski definition) is 4. The van der Waals surface area contributed by atoms with Crippen LogP contribution in [0.15, 0.2) is 0 Å². The maximum absolute atomic E-state index is 12.3. The highest BCUT2D eigenvalue weighted by Gasteiger charge is 2.37. The molecule has 0 radical (unpaired) electrons. The van der Waals surface area contributed by atoms with Gasteiger partial charge in [0.25, 0.3) is 0 Å². The van der Waals surface area contributed by atoms with Crippen LogP contribution in [-0.4, -0.2) is 68.6 Å². The number of piperazine rings is 1. The van der Waals surface area contributed by atoms with Crippen LogP contribution in [0.2, 0.25) is 0 Å². The molecular weight excluding hydrogens is 242 g/mol. The Morgan fingerprint density at radius 1 is 1.47 bits per heavy atom. The highest BCUT2D eigenvalue weighted by molar-refractivity contribution is 7.90. The molecule has 6 nitrogen and oxygen atoms in total. The molecule has 17 heavy (non-hydrogen) atoms. The molecule has 7 heteroatoms. The summed E-state index contributed by atoms with van der Waals surface area (Å²) in [6, 6.07) is -0.105. The summed E-state index contributed by atoms with van der Waals surface area (Å²) in [5.74, 6) is -0.379. The minimum atomic E-state index is -3.55. The second kappa shape index (κ2) is 5.32. The van der Waals surface area contributed by atoms with Crippen molar-refractivity contribution >= 4 is 15.9 Å². The lowest BCUT2D eigenvalue weighted by atomic mass is 10.3. The number of hydrogen-bond donors (Lipinski definition) is 1. The highest BCUT2D eigenvalue weighted by Crippen LogP contribution is 2.15. The van der Waals surface area contributed by atoms with Crippen molar-refractivity contribution in [1.29, 1.82) is 0 Å². The maximum Gasteiger partial charge on any atom is 0.241 e. The quantitative estimate of drug-likeness (QED) is 0.715. The van der Waals surface area contributed by atoms with Crippen molar-refractivity contribution in [1.82, 2.24) is 14.5 Å². The molecule has 1 aliphatic rings. The third kappa shape index (κ3) is 2.97. The van der Waals surface area contributed by atoms with E-state index in [2.05, 4.69) is 5.32 Å². The third-order valence-electron chi connectivity index (χ3n) is 3.00. The number of amides is 1. The maximum atomic E-state index is 12.3. The standard InChI is InChI=1S/C10H21N3O3S/c1-8-7-11-5-6-13(8)17(15,16)9(2)10(14)12(3)4/h8-9,11H,5-7H2,1-4H3/t8-,9?/m0/s1. The lowest BCUT2D eigenvalue weighted by Crippen LogP contribution is -2.56. The zero-order valence-corrected chi connectivity index (χ0v) is 11.6. The van der Waals surface area contributed by atoms with Crippen molar-refractivity contribution in [3.63, 3.8) is 0 Å². The number of nitrogens with one attached hydrogen (secondary N) is 1. The van der Waals surface area contributed by atoms with Crippen LogP contribution < -0.4 is 5.32 Å². The monoisotopic (exact) mass is 263 g/mol. The smallest absolute Gasteiger partial charge is 0.241 e. The van der Waals surface area contributed by atoms with Gasteiger partial charge in [0.1, 0.15) is 0 Å². The van der Waals surface area contributed by atoms with Crippen molar-refractivity contribution in [3.8, 4) is 0 Å². The van der Waals surface area contributed by atoms with E-state index in [9.17, 15) is 13.2 Å². The van der Waals surface area contributed by atoms with Gasteiger partial charge in [-0.1, -0.05) is 0 Å². The zero-order chi connectivity index (χ0) is 13.2. The van der Waals surface area contributed by atoms with E-state index in [1.165, 1.54) is 16.1 Å². The van der Waals surface area contributed by atoms with Crippen molar-refractivity contribution in [2.75, 3.05) is 33.7 Å². The van der Waals surface area contributed by atoms with Gasteiger partial charge in [0, 0.05) is 39.8 Å². The van der Waals surface area contributed by atoms with E-state index >= 15 is 0 Å². The third-order valence-corrected chi connectivity index (χ3v) is 5.29. The first kappa shape index (κ1) is 14.4. The number of carbonyl (C=O) groups is 1. The Morgan fingerprint density at radius 2 is 2.06 bits per heavy atom. The lowest BCUT2D eigenvalue weighted by molar-refractivity contribution is -0.128. The summed E-state index contributed by atoms with van der Waals surface area (Å²) in [6.45, 7) is 4.98. The fourth-order valence-corrected chi connectivity index (χ4v) is 3.69. The molecule has 1 fully saturated rings. The normalized spacial score (nSPS) is 24.4. The Morgan fingerprint density at radius 3 is 2.53 bits per heavy atom. The Hall–Kier alpha value is -0.660. The molecule has 0 aliphatic carbocycles. The largest absolute Gasteiger partial charge is 0.348 e. The Kier molecular flexibility index (Phi) is 4.51. The van der Waals surface area contributed by atoms with Gasteiger partial charge >= 0.3 is 0 Å². The molecule has 2 atom stereocenters. The van der Waals surface area contributed by atoms with Crippen LogP contribution in [0.1, 0.15) is 13.8 Å². The zero-order valence-electron chi connectivity index (χ0n) is 10.8. The molecular formula is C10H21N3O3S. The van der Waals surface area contributed by atoms with E-state index in [1.807, 2.05) is 6.92 Å². The van der Waals surface area contributed by atoms with Gasteiger partial charge in [0.2, 0.25) is 15.9 Å². The van der Waals surface area contributed by atoms with Gasteiger partial charge in [-0.15, -0.1) is 0 Å². The predicted octanol–water partition coefficient (Wildman–Crippen LogP) is -0.913. The molecule has 0 aromatic rings. The Balaban J connectivity index is 2.90.